The fourth-order valence-corrected chi connectivity index (χ4v) is 3.29. The largest absolute Gasteiger partial charge is 0.490 e. The molecule has 0 atom stereocenters. The van der Waals surface area contributed by atoms with E-state index in [1.165, 1.54) is 19.2 Å². The van der Waals surface area contributed by atoms with Crippen molar-refractivity contribution in [2.24, 2.45) is 0 Å². The summed E-state index contributed by atoms with van der Waals surface area (Å²) in [5.41, 5.74) is -0.00919. The average Bonchev–Trinajstić information content (AvgIpc) is 2.91. The van der Waals surface area contributed by atoms with E-state index in [0.717, 1.165) is 0 Å². The summed E-state index contributed by atoms with van der Waals surface area (Å²) in [5.74, 6) is -4.03. The second kappa shape index (κ2) is 13.5. The third-order valence-corrected chi connectivity index (χ3v) is 5.10. The van der Waals surface area contributed by atoms with Crippen LogP contribution in [0, 0.1) is 0 Å². The van der Waals surface area contributed by atoms with Gasteiger partial charge in [-0.15, -0.1) is 0 Å². The van der Waals surface area contributed by atoms with Crippen molar-refractivity contribution in [3.05, 3.63) is 52.7 Å². The molecular formula is C26H24O13. The van der Waals surface area contributed by atoms with Gasteiger partial charge in [0.1, 0.15) is 16.9 Å². The fraction of sp³-hybridized carbons (Fsp3) is 0.269. The van der Waals surface area contributed by atoms with Crippen molar-refractivity contribution in [1.29, 1.82) is 0 Å². The van der Waals surface area contributed by atoms with E-state index < -0.39 is 55.7 Å². The molecule has 0 saturated carbocycles. The number of aliphatic carboxylic acids is 2. The van der Waals surface area contributed by atoms with E-state index in [-0.39, 0.29) is 46.8 Å². The first-order valence-electron chi connectivity index (χ1n) is 11.4. The van der Waals surface area contributed by atoms with Gasteiger partial charge in [-0.05, 0) is 0 Å². The summed E-state index contributed by atoms with van der Waals surface area (Å²) in [4.78, 5) is 57.9. The molecule has 0 spiro atoms. The zero-order chi connectivity index (χ0) is 28.4. The van der Waals surface area contributed by atoms with Gasteiger partial charge in [-0.2, -0.15) is 0 Å². The molecular weight excluding hydrogens is 520 g/mol. The van der Waals surface area contributed by atoms with Crippen molar-refractivity contribution in [3.8, 4) is 28.6 Å². The fourth-order valence-electron chi connectivity index (χ4n) is 3.29. The van der Waals surface area contributed by atoms with E-state index in [1.807, 2.05) is 0 Å². The standard InChI is InChI=1S/C26H24O13/c1-34-25-19(36-14-38-23(33)10-8-21(30)31)12-18(35-13-37-22(32)9-7-20(28)29)24-16(27)11-17(39-26(24)25)15-5-3-2-4-6-15/h2-6,11-12H,7-10,13-14H2,1H3,(H,28,29)(H,30,31). The van der Waals surface area contributed by atoms with Crippen LogP contribution in [0.3, 0.4) is 0 Å². The lowest BCUT2D eigenvalue weighted by atomic mass is 10.1. The summed E-state index contributed by atoms with van der Waals surface area (Å²) in [7, 11) is 1.29. The first kappa shape index (κ1) is 28.5. The van der Waals surface area contributed by atoms with E-state index in [1.54, 1.807) is 30.3 Å². The zero-order valence-electron chi connectivity index (χ0n) is 20.7. The Morgan fingerprint density at radius 1 is 0.795 bits per heavy atom. The minimum absolute atomic E-state index is 0.0349. The van der Waals surface area contributed by atoms with Crippen LogP contribution >= 0.6 is 0 Å². The normalized spacial score (nSPS) is 10.5. The molecule has 1 aromatic heterocycles. The molecule has 2 aromatic carbocycles. The third-order valence-electron chi connectivity index (χ3n) is 5.10. The van der Waals surface area contributed by atoms with Crippen LogP contribution in [-0.4, -0.2) is 54.8 Å². The van der Waals surface area contributed by atoms with Crippen molar-refractivity contribution in [1.82, 2.24) is 0 Å². The molecule has 0 aliphatic carbocycles. The second-order valence-corrected chi connectivity index (χ2v) is 7.80. The Kier molecular flexibility index (Phi) is 9.84. The van der Waals surface area contributed by atoms with E-state index >= 15 is 0 Å². The third kappa shape index (κ3) is 7.95. The predicted molar refractivity (Wildman–Crippen MR) is 131 cm³/mol. The highest BCUT2D eigenvalue weighted by Crippen LogP contribution is 2.41. The van der Waals surface area contributed by atoms with E-state index in [9.17, 15) is 24.0 Å². The SMILES string of the molecule is COc1c(OCOC(=O)CCC(=O)O)cc(OCOC(=O)CCC(=O)O)c2c(=O)cc(-c3ccccc3)oc12. The number of carboxylic acids is 2. The Hall–Kier alpha value is -5.07. The van der Waals surface area contributed by atoms with Gasteiger partial charge in [0.25, 0.3) is 0 Å². The quantitative estimate of drug-likeness (QED) is 0.223. The summed E-state index contributed by atoms with van der Waals surface area (Å²) in [6.45, 7) is -1.30. The van der Waals surface area contributed by atoms with E-state index in [2.05, 4.69) is 0 Å². The van der Waals surface area contributed by atoms with Gasteiger partial charge in [0.15, 0.2) is 16.8 Å². The molecule has 2 N–H and O–H groups in total. The van der Waals surface area contributed by atoms with Crippen LogP contribution < -0.4 is 19.6 Å². The highest BCUT2D eigenvalue weighted by molar-refractivity contribution is 5.92. The first-order valence-corrected chi connectivity index (χ1v) is 11.4. The van der Waals surface area contributed by atoms with Crippen LogP contribution in [0.5, 0.6) is 17.2 Å². The Morgan fingerprint density at radius 3 is 1.90 bits per heavy atom. The molecule has 1 heterocycles. The molecule has 39 heavy (non-hydrogen) atoms. The lowest BCUT2D eigenvalue weighted by molar-refractivity contribution is -0.153. The second-order valence-electron chi connectivity index (χ2n) is 7.80. The molecule has 0 saturated heterocycles. The Bertz CT molecular complexity index is 1410. The molecule has 3 rings (SSSR count). The van der Waals surface area contributed by atoms with Crippen LogP contribution in [0.4, 0.5) is 0 Å². The molecule has 0 amide bonds. The number of carbonyl (C=O) groups is 4. The van der Waals surface area contributed by atoms with Gasteiger partial charge < -0.3 is 38.3 Å². The van der Waals surface area contributed by atoms with Crippen LogP contribution in [0.25, 0.3) is 22.3 Å². The van der Waals surface area contributed by atoms with Crippen LogP contribution in [0.15, 0.2) is 51.7 Å². The predicted octanol–water partition coefficient (Wildman–Crippen LogP) is 2.96. The smallest absolute Gasteiger partial charge is 0.309 e. The maximum Gasteiger partial charge on any atom is 0.309 e. The summed E-state index contributed by atoms with van der Waals surface area (Å²) in [5, 5.41) is 17.3. The number of carboxylic acid groups (broad SMARTS) is 2. The van der Waals surface area contributed by atoms with Crippen LogP contribution in [0.1, 0.15) is 25.7 Å². The minimum Gasteiger partial charge on any atom is -0.490 e. The van der Waals surface area contributed by atoms with Crippen molar-refractivity contribution >= 4 is 34.8 Å². The number of ether oxygens (including phenoxy) is 5. The maximum atomic E-state index is 13.2. The summed E-state index contributed by atoms with van der Waals surface area (Å²) < 4.78 is 32.2. The Balaban J connectivity index is 1.94. The van der Waals surface area contributed by atoms with Crippen molar-refractivity contribution < 1.29 is 57.5 Å². The molecule has 206 valence electrons. The van der Waals surface area contributed by atoms with Crippen LogP contribution in [-0.2, 0) is 28.7 Å². The number of carbonyl (C=O) groups excluding carboxylic acids is 2. The molecule has 0 fully saturated rings. The lowest BCUT2D eigenvalue weighted by Gasteiger charge is -2.16. The van der Waals surface area contributed by atoms with E-state index in [4.69, 9.17) is 38.3 Å². The molecule has 0 radical (unpaired) electrons. The van der Waals surface area contributed by atoms with Crippen molar-refractivity contribution in [2.45, 2.75) is 25.7 Å². The summed E-state index contributed by atoms with van der Waals surface area (Å²) in [6.07, 6.45) is -1.61. The highest BCUT2D eigenvalue weighted by Gasteiger charge is 2.22. The maximum absolute atomic E-state index is 13.2. The number of methoxy groups -OCH3 is 1. The van der Waals surface area contributed by atoms with Gasteiger partial charge >= 0.3 is 23.9 Å². The van der Waals surface area contributed by atoms with Gasteiger partial charge in [-0.1, -0.05) is 30.3 Å². The zero-order valence-corrected chi connectivity index (χ0v) is 20.7. The summed E-state index contributed by atoms with van der Waals surface area (Å²) in [6, 6.07) is 11.2. The van der Waals surface area contributed by atoms with Crippen molar-refractivity contribution in [2.75, 3.05) is 20.7 Å². The number of fused-ring (bicyclic) bond motifs is 1. The number of esters is 2. The van der Waals surface area contributed by atoms with Crippen LogP contribution in [0.2, 0.25) is 0 Å². The van der Waals surface area contributed by atoms with Crippen molar-refractivity contribution in [3.63, 3.8) is 0 Å². The van der Waals surface area contributed by atoms with E-state index in [0.29, 0.717) is 5.56 Å². The van der Waals surface area contributed by atoms with Gasteiger partial charge in [0.05, 0.1) is 32.8 Å². The average molecular weight is 544 g/mol. The molecule has 0 bridgehead atoms. The number of hydrogen-bond donors (Lipinski definition) is 2. The molecule has 0 aliphatic rings. The topological polar surface area (TPSA) is 185 Å². The molecule has 13 nitrogen and oxygen atoms in total. The number of benzene rings is 2. The van der Waals surface area contributed by atoms with Gasteiger partial charge in [-0.25, -0.2) is 0 Å². The first-order chi connectivity index (χ1) is 18.7. The molecule has 0 unspecified atom stereocenters. The highest BCUT2D eigenvalue weighted by atomic mass is 16.7. The Labute approximate surface area is 220 Å². The molecule has 3 aromatic rings. The number of hydrogen-bond acceptors (Lipinski definition) is 11. The monoisotopic (exact) mass is 544 g/mol. The minimum atomic E-state index is -1.17. The number of rotatable bonds is 14. The Morgan fingerprint density at radius 2 is 1.36 bits per heavy atom. The molecule has 0 aliphatic heterocycles. The lowest BCUT2D eigenvalue weighted by Crippen LogP contribution is -2.14. The summed E-state index contributed by atoms with van der Waals surface area (Å²) >= 11 is 0. The molecule has 13 heteroatoms. The van der Waals surface area contributed by atoms with Gasteiger partial charge in [-0.3, -0.25) is 24.0 Å². The van der Waals surface area contributed by atoms with Gasteiger partial charge in [0, 0.05) is 17.7 Å². The van der Waals surface area contributed by atoms with Gasteiger partial charge in [0.2, 0.25) is 19.3 Å².